The van der Waals surface area contributed by atoms with Gasteiger partial charge in [-0.2, -0.15) is 0 Å². The summed E-state index contributed by atoms with van der Waals surface area (Å²) >= 11 is 0. The Labute approximate surface area is 184 Å². The molecule has 0 spiro atoms. The molecule has 4 rings (SSSR count). The number of fused-ring (bicyclic) bond motifs is 1. The van der Waals surface area contributed by atoms with E-state index < -0.39 is 6.04 Å². The summed E-state index contributed by atoms with van der Waals surface area (Å²) < 4.78 is 5.59. The average molecular weight is 422 g/mol. The van der Waals surface area contributed by atoms with Crippen LogP contribution >= 0.6 is 0 Å². The van der Waals surface area contributed by atoms with Crippen LogP contribution in [0.1, 0.15) is 23.6 Å². The van der Waals surface area contributed by atoms with Crippen molar-refractivity contribution in [1.82, 2.24) is 15.1 Å². The van der Waals surface area contributed by atoms with Crippen molar-refractivity contribution < 1.29 is 14.3 Å². The van der Waals surface area contributed by atoms with Gasteiger partial charge in [0.2, 0.25) is 5.91 Å². The summed E-state index contributed by atoms with van der Waals surface area (Å²) in [6.45, 7) is 7.16. The van der Waals surface area contributed by atoms with Gasteiger partial charge in [0.1, 0.15) is 5.75 Å². The molecule has 2 aliphatic rings. The van der Waals surface area contributed by atoms with Crippen LogP contribution in [0, 0.1) is 0 Å². The van der Waals surface area contributed by atoms with Gasteiger partial charge in [-0.1, -0.05) is 42.5 Å². The van der Waals surface area contributed by atoms with Crippen molar-refractivity contribution in [3.05, 3.63) is 65.2 Å². The van der Waals surface area contributed by atoms with Gasteiger partial charge in [-0.05, 0) is 36.1 Å². The van der Waals surface area contributed by atoms with Crippen LogP contribution in [0.2, 0.25) is 0 Å². The second-order valence-corrected chi connectivity index (χ2v) is 8.51. The first-order valence-corrected chi connectivity index (χ1v) is 11.1. The Hall–Kier alpha value is -2.70. The molecular weight excluding hydrogens is 390 g/mol. The molecule has 0 aromatic heterocycles. The number of ketones is 1. The molecule has 0 aliphatic carbocycles. The molecule has 1 N–H and O–H groups in total. The van der Waals surface area contributed by atoms with E-state index in [0.29, 0.717) is 13.0 Å². The SMILES string of the molecule is CC(=O)[C@H](Cc1ccccc1)NC(=O)CN1CCN(Cc2ccc3c(c2)CCO3)CC1. The molecule has 0 radical (unpaired) electrons. The second kappa shape index (κ2) is 10.1. The zero-order valence-corrected chi connectivity index (χ0v) is 18.2. The Balaban J connectivity index is 1.22. The molecule has 2 heterocycles. The molecule has 1 saturated heterocycles. The van der Waals surface area contributed by atoms with Crippen LogP contribution in [0.3, 0.4) is 0 Å². The van der Waals surface area contributed by atoms with E-state index in [0.717, 1.165) is 57.1 Å². The van der Waals surface area contributed by atoms with Crippen molar-refractivity contribution in [1.29, 1.82) is 0 Å². The fraction of sp³-hybridized carbons (Fsp3) is 0.440. The molecule has 6 nitrogen and oxygen atoms in total. The second-order valence-electron chi connectivity index (χ2n) is 8.51. The van der Waals surface area contributed by atoms with Gasteiger partial charge in [-0.15, -0.1) is 0 Å². The van der Waals surface area contributed by atoms with Crippen LogP contribution < -0.4 is 10.1 Å². The summed E-state index contributed by atoms with van der Waals surface area (Å²) in [6.07, 6.45) is 1.53. The van der Waals surface area contributed by atoms with Crippen molar-refractivity contribution in [2.75, 3.05) is 39.3 Å². The first-order valence-electron chi connectivity index (χ1n) is 11.1. The van der Waals surface area contributed by atoms with Crippen LogP contribution in [0.4, 0.5) is 0 Å². The third-order valence-corrected chi connectivity index (χ3v) is 6.10. The number of Topliss-reactive ketones (excluding diaryl/α,β-unsaturated/α-hetero) is 1. The molecule has 0 unspecified atom stereocenters. The van der Waals surface area contributed by atoms with Gasteiger partial charge in [-0.3, -0.25) is 19.4 Å². The number of piperazine rings is 1. The Kier molecular flexibility index (Phi) is 6.99. The fourth-order valence-electron chi connectivity index (χ4n) is 4.29. The molecule has 0 saturated carbocycles. The first-order chi connectivity index (χ1) is 15.1. The lowest BCUT2D eigenvalue weighted by atomic mass is 10.0. The monoisotopic (exact) mass is 421 g/mol. The maximum Gasteiger partial charge on any atom is 0.234 e. The molecule has 1 atom stereocenters. The number of rotatable bonds is 8. The molecule has 31 heavy (non-hydrogen) atoms. The van der Waals surface area contributed by atoms with Crippen LogP contribution in [0.5, 0.6) is 5.75 Å². The Bertz CT molecular complexity index is 907. The van der Waals surface area contributed by atoms with Crippen LogP contribution in [-0.2, 0) is 29.0 Å². The molecule has 2 aromatic carbocycles. The normalized spacial score (nSPS) is 17.6. The Morgan fingerprint density at radius 1 is 1.00 bits per heavy atom. The van der Waals surface area contributed by atoms with Gasteiger partial charge >= 0.3 is 0 Å². The van der Waals surface area contributed by atoms with E-state index in [2.05, 4.69) is 33.3 Å². The average Bonchev–Trinajstić information content (AvgIpc) is 3.23. The first kappa shape index (κ1) is 21.5. The molecule has 0 bridgehead atoms. The summed E-state index contributed by atoms with van der Waals surface area (Å²) in [5.41, 5.74) is 3.68. The van der Waals surface area contributed by atoms with Crippen molar-refractivity contribution in [3.8, 4) is 5.75 Å². The van der Waals surface area contributed by atoms with Gasteiger partial charge < -0.3 is 10.1 Å². The highest BCUT2D eigenvalue weighted by atomic mass is 16.5. The van der Waals surface area contributed by atoms with Crippen molar-refractivity contribution in [2.24, 2.45) is 0 Å². The summed E-state index contributed by atoms with van der Waals surface area (Å²) in [7, 11) is 0. The summed E-state index contributed by atoms with van der Waals surface area (Å²) in [5, 5.41) is 2.93. The van der Waals surface area contributed by atoms with Crippen molar-refractivity contribution >= 4 is 11.7 Å². The van der Waals surface area contributed by atoms with E-state index >= 15 is 0 Å². The highest BCUT2D eigenvalue weighted by Crippen LogP contribution is 2.26. The van der Waals surface area contributed by atoms with E-state index in [1.807, 2.05) is 30.3 Å². The largest absolute Gasteiger partial charge is 0.493 e. The van der Waals surface area contributed by atoms with E-state index in [9.17, 15) is 9.59 Å². The summed E-state index contributed by atoms with van der Waals surface area (Å²) in [6, 6.07) is 15.8. The summed E-state index contributed by atoms with van der Waals surface area (Å²) in [4.78, 5) is 29.2. The van der Waals surface area contributed by atoms with Crippen LogP contribution in [-0.4, -0.2) is 66.9 Å². The van der Waals surface area contributed by atoms with Gasteiger partial charge in [0, 0.05) is 39.1 Å². The van der Waals surface area contributed by atoms with Gasteiger partial charge in [0.05, 0.1) is 19.2 Å². The van der Waals surface area contributed by atoms with E-state index in [-0.39, 0.29) is 11.7 Å². The predicted molar refractivity (Wildman–Crippen MR) is 120 cm³/mol. The number of benzene rings is 2. The Morgan fingerprint density at radius 3 is 2.48 bits per heavy atom. The lowest BCUT2D eigenvalue weighted by Gasteiger charge is -2.34. The number of amides is 1. The predicted octanol–water partition coefficient (Wildman–Crippen LogP) is 2.06. The molecule has 2 aromatic rings. The minimum atomic E-state index is -0.472. The minimum absolute atomic E-state index is 0.0123. The van der Waals surface area contributed by atoms with Crippen molar-refractivity contribution in [2.45, 2.75) is 32.4 Å². The van der Waals surface area contributed by atoms with E-state index in [4.69, 9.17) is 4.74 Å². The zero-order chi connectivity index (χ0) is 21.6. The zero-order valence-electron chi connectivity index (χ0n) is 18.2. The third-order valence-electron chi connectivity index (χ3n) is 6.10. The maximum absolute atomic E-state index is 12.6. The lowest BCUT2D eigenvalue weighted by Crippen LogP contribution is -2.51. The molecular formula is C25H31N3O3. The smallest absolute Gasteiger partial charge is 0.234 e. The van der Waals surface area contributed by atoms with Gasteiger partial charge in [0.15, 0.2) is 5.78 Å². The van der Waals surface area contributed by atoms with Crippen LogP contribution in [0.25, 0.3) is 0 Å². The lowest BCUT2D eigenvalue weighted by molar-refractivity contribution is -0.127. The van der Waals surface area contributed by atoms with E-state index in [1.165, 1.54) is 18.1 Å². The number of nitrogens with zero attached hydrogens (tertiary/aromatic N) is 2. The molecule has 2 aliphatic heterocycles. The van der Waals surface area contributed by atoms with Crippen molar-refractivity contribution in [3.63, 3.8) is 0 Å². The number of hydrogen-bond donors (Lipinski definition) is 1. The van der Waals surface area contributed by atoms with Gasteiger partial charge in [-0.25, -0.2) is 0 Å². The topological polar surface area (TPSA) is 61.9 Å². The van der Waals surface area contributed by atoms with E-state index in [1.54, 1.807) is 0 Å². The number of ether oxygens (including phenoxy) is 1. The third kappa shape index (κ3) is 5.93. The summed E-state index contributed by atoms with van der Waals surface area (Å²) in [5.74, 6) is 0.931. The molecule has 164 valence electrons. The quantitative estimate of drug-likeness (QED) is 0.707. The highest BCUT2D eigenvalue weighted by Gasteiger charge is 2.22. The minimum Gasteiger partial charge on any atom is -0.493 e. The standard InChI is InChI=1S/C25H31N3O3/c1-19(29)23(16-20-5-3-2-4-6-20)26-25(30)18-28-12-10-27(11-13-28)17-21-7-8-24-22(15-21)9-14-31-24/h2-8,15,23H,9-14,16-18H2,1H3,(H,26,30)/t23-/m0/s1. The highest BCUT2D eigenvalue weighted by molar-refractivity contribution is 5.88. The molecule has 1 amide bonds. The molecule has 6 heteroatoms. The van der Waals surface area contributed by atoms with Gasteiger partial charge in [0.25, 0.3) is 0 Å². The maximum atomic E-state index is 12.6. The number of carbonyl (C=O) groups is 2. The number of carbonyl (C=O) groups excluding carboxylic acids is 2. The number of nitrogens with one attached hydrogen (secondary N) is 1. The molecule has 1 fully saturated rings. The fourth-order valence-corrected chi connectivity index (χ4v) is 4.29. The number of hydrogen-bond acceptors (Lipinski definition) is 5. The Morgan fingerprint density at radius 2 is 1.74 bits per heavy atom. The van der Waals surface area contributed by atoms with Crippen LogP contribution in [0.15, 0.2) is 48.5 Å².